The highest BCUT2D eigenvalue weighted by atomic mass is 16.5. The van der Waals surface area contributed by atoms with Crippen molar-refractivity contribution in [1.29, 1.82) is 0 Å². The summed E-state index contributed by atoms with van der Waals surface area (Å²) in [6, 6.07) is 23.5. The van der Waals surface area contributed by atoms with Crippen LogP contribution in [0.2, 0.25) is 0 Å². The molecule has 0 saturated carbocycles. The largest absolute Gasteiger partial charge is 0.494 e. The van der Waals surface area contributed by atoms with E-state index >= 15 is 0 Å². The molecule has 6 nitrogen and oxygen atoms in total. The predicted molar refractivity (Wildman–Crippen MR) is 130 cm³/mol. The summed E-state index contributed by atoms with van der Waals surface area (Å²) in [4.78, 5) is 17.0. The smallest absolute Gasteiger partial charge is 0.258 e. The van der Waals surface area contributed by atoms with Gasteiger partial charge in [-0.05, 0) is 67.8 Å². The van der Waals surface area contributed by atoms with Crippen molar-refractivity contribution in [3.8, 4) is 11.5 Å². The first-order chi connectivity index (χ1) is 16.1. The molecule has 0 atom stereocenters. The Balaban J connectivity index is 1.34. The zero-order chi connectivity index (χ0) is 23.0. The van der Waals surface area contributed by atoms with Crippen LogP contribution in [0.15, 0.2) is 72.8 Å². The van der Waals surface area contributed by atoms with Gasteiger partial charge in [-0.3, -0.25) is 4.79 Å². The highest BCUT2D eigenvalue weighted by Gasteiger charge is 2.12. The van der Waals surface area contributed by atoms with Gasteiger partial charge in [-0.1, -0.05) is 36.4 Å². The number of carbonyl (C=O) groups is 1. The maximum atomic E-state index is 12.3. The number of carbonyl (C=O) groups excluding carboxylic acids is 1. The van der Waals surface area contributed by atoms with Crippen molar-refractivity contribution in [3.05, 3.63) is 89.7 Å². The molecular formula is C27H29N3O3. The first-order valence-electron chi connectivity index (χ1n) is 11.2. The molecule has 0 aliphatic carbocycles. The van der Waals surface area contributed by atoms with Gasteiger partial charge in [0, 0.05) is 6.54 Å². The van der Waals surface area contributed by atoms with Gasteiger partial charge in [-0.2, -0.15) is 0 Å². The van der Waals surface area contributed by atoms with Gasteiger partial charge in [0.25, 0.3) is 5.91 Å². The molecule has 1 heterocycles. The Morgan fingerprint density at radius 2 is 1.70 bits per heavy atom. The molecule has 0 fully saturated rings. The lowest BCUT2D eigenvalue weighted by Gasteiger charge is -2.12. The maximum absolute atomic E-state index is 12.3. The van der Waals surface area contributed by atoms with E-state index in [2.05, 4.69) is 41.9 Å². The van der Waals surface area contributed by atoms with Gasteiger partial charge >= 0.3 is 0 Å². The van der Waals surface area contributed by atoms with Crippen LogP contribution < -0.4 is 14.8 Å². The fraction of sp³-hybridized carbons (Fsp3) is 0.259. The third-order valence-electron chi connectivity index (χ3n) is 5.56. The minimum absolute atomic E-state index is 0.0337. The SMILES string of the molecule is Cc1ccc(OCCCn2c(CNC(=O)COc3ccccc3)nc3ccccc32)cc1C. The summed E-state index contributed by atoms with van der Waals surface area (Å²) in [5, 5.41) is 2.92. The number of hydrogen-bond donors (Lipinski definition) is 1. The molecule has 1 aromatic heterocycles. The third-order valence-corrected chi connectivity index (χ3v) is 5.56. The lowest BCUT2D eigenvalue weighted by Crippen LogP contribution is -2.29. The Kier molecular flexibility index (Phi) is 7.25. The summed E-state index contributed by atoms with van der Waals surface area (Å²) < 4.78 is 13.6. The van der Waals surface area contributed by atoms with E-state index in [0.717, 1.165) is 35.6 Å². The van der Waals surface area contributed by atoms with E-state index in [1.807, 2.05) is 54.6 Å². The number of rotatable bonds is 10. The Labute approximate surface area is 194 Å². The Morgan fingerprint density at radius 1 is 0.909 bits per heavy atom. The number of aryl methyl sites for hydroxylation is 3. The summed E-state index contributed by atoms with van der Waals surface area (Å²) >= 11 is 0. The zero-order valence-corrected chi connectivity index (χ0v) is 19.1. The molecule has 1 amide bonds. The monoisotopic (exact) mass is 443 g/mol. The van der Waals surface area contributed by atoms with Gasteiger partial charge < -0.3 is 19.4 Å². The first kappa shape index (κ1) is 22.4. The molecule has 0 aliphatic heterocycles. The Morgan fingerprint density at radius 3 is 2.52 bits per heavy atom. The standard InChI is InChI=1S/C27H29N3O3/c1-20-13-14-23(17-21(20)2)32-16-8-15-30-25-12-7-6-11-24(25)29-26(30)18-28-27(31)19-33-22-9-4-3-5-10-22/h3-7,9-14,17H,8,15-16,18-19H2,1-2H3,(H,28,31). The Hall–Kier alpha value is -3.80. The highest BCUT2D eigenvalue weighted by molar-refractivity contribution is 5.78. The van der Waals surface area contributed by atoms with Crippen LogP contribution in [0.3, 0.4) is 0 Å². The van der Waals surface area contributed by atoms with Crippen LogP contribution in [0, 0.1) is 13.8 Å². The lowest BCUT2D eigenvalue weighted by atomic mass is 10.1. The Bertz CT molecular complexity index is 1220. The van der Waals surface area contributed by atoms with E-state index in [4.69, 9.17) is 14.5 Å². The molecule has 3 aromatic carbocycles. The number of para-hydroxylation sites is 3. The topological polar surface area (TPSA) is 65.4 Å². The number of amides is 1. The zero-order valence-electron chi connectivity index (χ0n) is 19.1. The number of nitrogens with one attached hydrogen (secondary N) is 1. The van der Waals surface area contributed by atoms with Gasteiger partial charge in [0.2, 0.25) is 0 Å². The van der Waals surface area contributed by atoms with E-state index in [1.165, 1.54) is 11.1 Å². The first-order valence-corrected chi connectivity index (χ1v) is 11.2. The number of nitrogens with zero attached hydrogens (tertiary/aromatic N) is 2. The van der Waals surface area contributed by atoms with Crippen LogP contribution in [-0.2, 0) is 17.9 Å². The van der Waals surface area contributed by atoms with Crippen molar-refractivity contribution >= 4 is 16.9 Å². The van der Waals surface area contributed by atoms with Crippen LogP contribution in [0.25, 0.3) is 11.0 Å². The molecule has 4 aromatic rings. The van der Waals surface area contributed by atoms with Crippen molar-refractivity contribution < 1.29 is 14.3 Å². The van der Waals surface area contributed by atoms with Gasteiger partial charge in [0.05, 0.1) is 24.2 Å². The third kappa shape index (κ3) is 5.92. The molecule has 6 heteroatoms. The van der Waals surface area contributed by atoms with Crippen LogP contribution in [0.4, 0.5) is 0 Å². The van der Waals surface area contributed by atoms with Gasteiger partial charge in [0.15, 0.2) is 6.61 Å². The number of hydrogen-bond acceptors (Lipinski definition) is 4. The van der Waals surface area contributed by atoms with Gasteiger partial charge in [-0.15, -0.1) is 0 Å². The summed E-state index contributed by atoms with van der Waals surface area (Å²) in [6.45, 7) is 5.84. The van der Waals surface area contributed by atoms with Crippen LogP contribution in [-0.4, -0.2) is 28.7 Å². The molecule has 33 heavy (non-hydrogen) atoms. The minimum Gasteiger partial charge on any atom is -0.494 e. The molecule has 170 valence electrons. The molecular weight excluding hydrogens is 414 g/mol. The quantitative estimate of drug-likeness (QED) is 0.357. The van der Waals surface area contributed by atoms with Crippen molar-refractivity contribution in [1.82, 2.24) is 14.9 Å². The van der Waals surface area contributed by atoms with Crippen molar-refractivity contribution in [2.75, 3.05) is 13.2 Å². The average Bonchev–Trinajstić information content (AvgIpc) is 3.19. The number of aromatic nitrogens is 2. The highest BCUT2D eigenvalue weighted by Crippen LogP contribution is 2.19. The number of benzene rings is 3. The van der Waals surface area contributed by atoms with E-state index in [9.17, 15) is 4.79 Å². The number of imidazole rings is 1. The molecule has 0 spiro atoms. The van der Waals surface area contributed by atoms with E-state index in [-0.39, 0.29) is 12.5 Å². The molecule has 1 N–H and O–H groups in total. The predicted octanol–water partition coefficient (Wildman–Crippen LogP) is 4.82. The summed E-state index contributed by atoms with van der Waals surface area (Å²) in [5.41, 5.74) is 4.45. The lowest BCUT2D eigenvalue weighted by molar-refractivity contribution is -0.123. The fourth-order valence-electron chi connectivity index (χ4n) is 3.62. The molecule has 0 saturated heterocycles. The van der Waals surface area contributed by atoms with Crippen LogP contribution >= 0.6 is 0 Å². The molecule has 0 bridgehead atoms. The fourth-order valence-corrected chi connectivity index (χ4v) is 3.62. The second-order valence-corrected chi connectivity index (χ2v) is 7.99. The summed E-state index contributed by atoms with van der Waals surface area (Å²) in [7, 11) is 0. The number of ether oxygens (including phenoxy) is 2. The maximum Gasteiger partial charge on any atom is 0.258 e. The van der Waals surface area contributed by atoms with Crippen LogP contribution in [0.5, 0.6) is 11.5 Å². The average molecular weight is 444 g/mol. The molecule has 4 rings (SSSR count). The summed E-state index contributed by atoms with van der Waals surface area (Å²) in [5.74, 6) is 2.19. The van der Waals surface area contributed by atoms with Crippen molar-refractivity contribution in [3.63, 3.8) is 0 Å². The van der Waals surface area contributed by atoms with E-state index in [0.29, 0.717) is 18.9 Å². The van der Waals surface area contributed by atoms with Crippen molar-refractivity contribution in [2.24, 2.45) is 0 Å². The number of fused-ring (bicyclic) bond motifs is 1. The normalized spacial score (nSPS) is 10.8. The second-order valence-electron chi connectivity index (χ2n) is 7.99. The molecule has 0 radical (unpaired) electrons. The molecule has 0 aliphatic rings. The van der Waals surface area contributed by atoms with E-state index in [1.54, 1.807) is 0 Å². The second kappa shape index (κ2) is 10.7. The van der Waals surface area contributed by atoms with Crippen LogP contribution in [0.1, 0.15) is 23.4 Å². The minimum atomic E-state index is -0.185. The van der Waals surface area contributed by atoms with Crippen molar-refractivity contribution in [2.45, 2.75) is 33.4 Å². The summed E-state index contributed by atoms with van der Waals surface area (Å²) in [6.07, 6.45) is 0.825. The molecule has 0 unspecified atom stereocenters. The van der Waals surface area contributed by atoms with Gasteiger partial charge in [0.1, 0.15) is 17.3 Å². The van der Waals surface area contributed by atoms with E-state index < -0.39 is 0 Å². The van der Waals surface area contributed by atoms with Gasteiger partial charge in [-0.25, -0.2) is 4.98 Å².